The van der Waals surface area contributed by atoms with Crippen molar-refractivity contribution < 1.29 is 9.53 Å². The summed E-state index contributed by atoms with van der Waals surface area (Å²) in [5, 5.41) is 9.96. The van der Waals surface area contributed by atoms with Gasteiger partial charge in [-0.1, -0.05) is 18.2 Å². The molecule has 0 atom stereocenters. The number of hydrogen-bond acceptors (Lipinski definition) is 3. The van der Waals surface area contributed by atoms with Crippen molar-refractivity contribution >= 4 is 11.7 Å². The van der Waals surface area contributed by atoms with Crippen molar-refractivity contribution in [3.05, 3.63) is 47.8 Å². The van der Waals surface area contributed by atoms with Gasteiger partial charge in [0.05, 0.1) is 26.0 Å². The van der Waals surface area contributed by atoms with Gasteiger partial charge in [0.1, 0.15) is 0 Å². The van der Waals surface area contributed by atoms with Gasteiger partial charge in [0.15, 0.2) is 0 Å². The summed E-state index contributed by atoms with van der Waals surface area (Å²) in [7, 11) is 0. The molecule has 2 aromatic rings. The van der Waals surface area contributed by atoms with Crippen LogP contribution in [0, 0.1) is 0 Å². The molecule has 0 saturated heterocycles. The van der Waals surface area contributed by atoms with Gasteiger partial charge >= 0.3 is 6.03 Å². The third kappa shape index (κ3) is 3.41. The molecule has 6 heteroatoms. The van der Waals surface area contributed by atoms with Gasteiger partial charge in [0, 0.05) is 29.9 Å². The minimum atomic E-state index is -0.203. The highest BCUT2D eigenvalue weighted by atomic mass is 16.5. The van der Waals surface area contributed by atoms with E-state index in [-0.39, 0.29) is 6.03 Å². The minimum absolute atomic E-state index is 0.203. The van der Waals surface area contributed by atoms with Crippen LogP contribution in [-0.2, 0) is 24.3 Å². The van der Waals surface area contributed by atoms with Gasteiger partial charge in [-0.15, -0.1) is 0 Å². The van der Waals surface area contributed by atoms with E-state index in [0.717, 1.165) is 24.3 Å². The molecule has 0 fully saturated rings. The molecule has 0 spiro atoms. The molecule has 1 aromatic carbocycles. The summed E-state index contributed by atoms with van der Waals surface area (Å²) < 4.78 is 7.33. The molecule has 110 valence electrons. The lowest BCUT2D eigenvalue weighted by Gasteiger charge is -2.15. The number of carbonyl (C=O) groups excluding carboxylic acids is 1. The van der Waals surface area contributed by atoms with Crippen LogP contribution in [0.4, 0.5) is 10.5 Å². The van der Waals surface area contributed by atoms with E-state index in [4.69, 9.17) is 4.74 Å². The Kier molecular flexibility index (Phi) is 4.16. The summed E-state index contributed by atoms with van der Waals surface area (Å²) in [4.78, 5) is 11.8. The molecule has 21 heavy (non-hydrogen) atoms. The van der Waals surface area contributed by atoms with Crippen LogP contribution in [0.1, 0.15) is 11.3 Å². The fourth-order valence-corrected chi connectivity index (χ4v) is 2.38. The Balaban J connectivity index is 1.48. The number of benzene rings is 1. The van der Waals surface area contributed by atoms with Crippen molar-refractivity contribution in [1.29, 1.82) is 0 Å². The molecule has 1 aliphatic heterocycles. The zero-order chi connectivity index (χ0) is 14.5. The molecule has 0 radical (unpaired) electrons. The van der Waals surface area contributed by atoms with Gasteiger partial charge in [-0.2, -0.15) is 5.10 Å². The molecule has 3 rings (SSSR count). The summed E-state index contributed by atoms with van der Waals surface area (Å²) in [5.74, 6) is 0. The molecule has 0 bridgehead atoms. The van der Waals surface area contributed by atoms with E-state index in [2.05, 4.69) is 15.7 Å². The lowest BCUT2D eigenvalue weighted by molar-refractivity contribution is 0.109. The average molecular weight is 286 g/mol. The van der Waals surface area contributed by atoms with Gasteiger partial charge < -0.3 is 15.4 Å². The zero-order valence-corrected chi connectivity index (χ0v) is 11.7. The predicted octanol–water partition coefficient (Wildman–Crippen LogP) is 1.78. The predicted molar refractivity (Wildman–Crippen MR) is 79.1 cm³/mol. The first-order chi connectivity index (χ1) is 10.3. The van der Waals surface area contributed by atoms with Crippen molar-refractivity contribution in [3.8, 4) is 0 Å². The van der Waals surface area contributed by atoms with Gasteiger partial charge in [0.2, 0.25) is 0 Å². The Hall–Kier alpha value is -2.34. The van der Waals surface area contributed by atoms with Crippen LogP contribution in [0.3, 0.4) is 0 Å². The maximum atomic E-state index is 11.8. The van der Waals surface area contributed by atoms with E-state index in [1.165, 1.54) is 5.69 Å². The van der Waals surface area contributed by atoms with Crippen LogP contribution >= 0.6 is 0 Å². The maximum Gasteiger partial charge on any atom is 0.319 e. The summed E-state index contributed by atoms with van der Waals surface area (Å²) in [6, 6.07) is 9.17. The Morgan fingerprint density at radius 3 is 3.05 bits per heavy atom. The van der Waals surface area contributed by atoms with Crippen LogP contribution in [0.5, 0.6) is 0 Å². The van der Waals surface area contributed by atoms with Crippen molar-refractivity contribution in [2.24, 2.45) is 0 Å². The number of hydrogen-bond donors (Lipinski definition) is 2. The maximum absolute atomic E-state index is 11.8. The van der Waals surface area contributed by atoms with Gasteiger partial charge in [0.25, 0.3) is 0 Å². The molecule has 0 unspecified atom stereocenters. The van der Waals surface area contributed by atoms with Crippen molar-refractivity contribution in [2.45, 2.75) is 19.6 Å². The largest absolute Gasteiger partial charge is 0.376 e. The van der Waals surface area contributed by atoms with E-state index < -0.39 is 0 Å². The second-order valence-electron chi connectivity index (χ2n) is 4.89. The van der Waals surface area contributed by atoms with Crippen LogP contribution in [-0.4, -0.2) is 29.0 Å². The van der Waals surface area contributed by atoms with Crippen LogP contribution < -0.4 is 10.6 Å². The third-order valence-corrected chi connectivity index (χ3v) is 3.42. The summed E-state index contributed by atoms with van der Waals surface area (Å²) >= 11 is 0. The molecule has 1 aromatic heterocycles. The van der Waals surface area contributed by atoms with E-state index in [0.29, 0.717) is 19.7 Å². The number of anilines is 1. The molecular weight excluding hydrogens is 268 g/mol. The monoisotopic (exact) mass is 286 g/mol. The van der Waals surface area contributed by atoms with E-state index in [1.54, 1.807) is 0 Å². The highest BCUT2D eigenvalue weighted by molar-refractivity contribution is 5.89. The highest BCUT2D eigenvalue weighted by Gasteiger charge is 2.15. The second kappa shape index (κ2) is 6.41. The smallest absolute Gasteiger partial charge is 0.319 e. The number of amides is 2. The lowest BCUT2D eigenvalue weighted by Crippen LogP contribution is -2.32. The Morgan fingerprint density at radius 2 is 2.19 bits per heavy atom. The van der Waals surface area contributed by atoms with Crippen molar-refractivity contribution in [1.82, 2.24) is 15.1 Å². The van der Waals surface area contributed by atoms with E-state index in [1.807, 2.05) is 41.2 Å². The Morgan fingerprint density at radius 1 is 1.33 bits per heavy atom. The fourth-order valence-electron chi connectivity index (χ4n) is 2.38. The quantitative estimate of drug-likeness (QED) is 0.900. The number of nitrogens with one attached hydrogen (secondary N) is 2. The number of ether oxygens (including phenoxy) is 1. The van der Waals surface area contributed by atoms with E-state index >= 15 is 0 Å². The number of urea groups is 1. The number of carbonyl (C=O) groups is 1. The van der Waals surface area contributed by atoms with Gasteiger partial charge in [-0.05, 0) is 12.1 Å². The molecule has 2 N–H and O–H groups in total. The van der Waals surface area contributed by atoms with Gasteiger partial charge in [-0.3, -0.25) is 4.68 Å². The second-order valence-corrected chi connectivity index (χ2v) is 4.89. The van der Waals surface area contributed by atoms with Crippen molar-refractivity contribution in [3.63, 3.8) is 0 Å². The highest BCUT2D eigenvalue weighted by Crippen LogP contribution is 2.15. The topological polar surface area (TPSA) is 68.2 Å². The Labute approximate surface area is 123 Å². The SMILES string of the molecule is O=C(NCCn1ncc2c1CCOC2)Nc1ccccc1. The van der Waals surface area contributed by atoms with E-state index in [9.17, 15) is 4.79 Å². The molecule has 1 aliphatic rings. The lowest BCUT2D eigenvalue weighted by atomic mass is 10.2. The van der Waals surface area contributed by atoms with Gasteiger partial charge in [-0.25, -0.2) is 4.79 Å². The van der Waals surface area contributed by atoms with Crippen LogP contribution in [0.2, 0.25) is 0 Å². The molecular formula is C15H18N4O2. The first-order valence-corrected chi connectivity index (χ1v) is 7.04. The summed E-state index contributed by atoms with van der Waals surface area (Å²) in [6.07, 6.45) is 2.73. The average Bonchev–Trinajstić information content (AvgIpc) is 2.92. The molecule has 2 amide bonds. The van der Waals surface area contributed by atoms with Crippen LogP contribution in [0.15, 0.2) is 36.5 Å². The zero-order valence-electron chi connectivity index (χ0n) is 11.7. The summed E-state index contributed by atoms with van der Waals surface area (Å²) in [5.41, 5.74) is 3.14. The number of aromatic nitrogens is 2. The number of rotatable bonds is 4. The summed E-state index contributed by atoms with van der Waals surface area (Å²) in [6.45, 7) is 2.57. The van der Waals surface area contributed by atoms with Crippen molar-refractivity contribution in [2.75, 3.05) is 18.5 Å². The fraction of sp³-hybridized carbons (Fsp3) is 0.333. The normalized spacial score (nSPS) is 13.5. The molecule has 0 saturated carbocycles. The molecule has 0 aliphatic carbocycles. The number of nitrogens with zero attached hydrogens (tertiary/aromatic N) is 2. The first kappa shape index (κ1) is 13.6. The van der Waals surface area contributed by atoms with Crippen LogP contribution in [0.25, 0.3) is 0 Å². The Bertz CT molecular complexity index is 609. The number of para-hydroxylation sites is 1. The molecule has 6 nitrogen and oxygen atoms in total. The third-order valence-electron chi connectivity index (χ3n) is 3.42. The first-order valence-electron chi connectivity index (χ1n) is 7.04. The standard InChI is InChI=1S/C15H18N4O2/c20-15(18-13-4-2-1-3-5-13)16-7-8-19-14-6-9-21-11-12(14)10-17-19/h1-5,10H,6-9,11H2,(H2,16,18,20). The minimum Gasteiger partial charge on any atom is -0.376 e. The number of fused-ring (bicyclic) bond motifs is 1. The molecule has 2 heterocycles.